The molecule has 1 aliphatic rings. The van der Waals surface area contributed by atoms with E-state index in [1.54, 1.807) is 11.8 Å². The number of halogens is 1. The van der Waals surface area contributed by atoms with Crippen LogP contribution < -0.4 is 5.73 Å². The summed E-state index contributed by atoms with van der Waals surface area (Å²) in [5, 5.41) is 0.840. The topological polar surface area (TPSA) is 26.0 Å². The molecule has 1 aromatic carbocycles. The Morgan fingerprint density at radius 3 is 2.61 bits per heavy atom. The summed E-state index contributed by atoms with van der Waals surface area (Å²) in [6.45, 7) is 2.35. The van der Waals surface area contributed by atoms with E-state index in [1.807, 2.05) is 18.2 Å². The van der Waals surface area contributed by atoms with Gasteiger partial charge in [0, 0.05) is 16.7 Å². The first-order valence-corrected chi connectivity index (χ1v) is 8.16. The molecule has 1 nitrogen and oxygen atoms in total. The molecule has 0 heterocycles. The maximum atomic E-state index is 6.33. The van der Waals surface area contributed by atoms with Crippen LogP contribution in [0.4, 0.5) is 0 Å². The van der Waals surface area contributed by atoms with E-state index in [2.05, 4.69) is 13.0 Å². The second kappa shape index (κ2) is 6.83. The number of rotatable bonds is 4. The molecule has 1 saturated carbocycles. The summed E-state index contributed by atoms with van der Waals surface area (Å²) in [5.74, 6) is 2.57. The molecule has 0 amide bonds. The maximum Gasteiger partial charge on any atom is 0.0541 e. The van der Waals surface area contributed by atoms with Crippen molar-refractivity contribution < 1.29 is 0 Å². The Balaban J connectivity index is 1.81. The first kappa shape index (κ1) is 14.2. The molecule has 1 unspecified atom stereocenters. The van der Waals surface area contributed by atoms with Crippen molar-refractivity contribution in [2.24, 2.45) is 17.6 Å². The average molecular weight is 284 g/mol. The van der Waals surface area contributed by atoms with Gasteiger partial charge in [-0.2, -0.15) is 0 Å². The summed E-state index contributed by atoms with van der Waals surface area (Å²) in [4.78, 5) is 1.15. The second-order valence-electron chi connectivity index (χ2n) is 5.43. The standard InChI is InChI=1S/C15H22ClNS/c1-11-6-8-12(9-7-11)14(17)10-18-15-5-3-2-4-13(15)16/h2-5,11-12,14H,6-10,17H2,1H3. The molecular formula is C15H22ClNS. The fourth-order valence-corrected chi connectivity index (χ4v) is 3.92. The van der Waals surface area contributed by atoms with Crippen LogP contribution in [0.5, 0.6) is 0 Å². The largest absolute Gasteiger partial charge is 0.327 e. The van der Waals surface area contributed by atoms with E-state index >= 15 is 0 Å². The predicted octanol–water partition coefficient (Wildman–Crippen LogP) is 4.59. The Morgan fingerprint density at radius 1 is 1.28 bits per heavy atom. The summed E-state index contributed by atoms with van der Waals surface area (Å²) in [5.41, 5.74) is 6.33. The first-order valence-electron chi connectivity index (χ1n) is 6.79. The Labute approximate surface area is 119 Å². The van der Waals surface area contributed by atoms with Crippen LogP contribution in [0.25, 0.3) is 0 Å². The van der Waals surface area contributed by atoms with Crippen LogP contribution in [0.2, 0.25) is 5.02 Å². The van der Waals surface area contributed by atoms with Gasteiger partial charge in [-0.1, -0.05) is 43.5 Å². The van der Waals surface area contributed by atoms with Gasteiger partial charge in [0.05, 0.1) is 5.02 Å². The van der Waals surface area contributed by atoms with Crippen molar-refractivity contribution in [3.05, 3.63) is 29.3 Å². The Morgan fingerprint density at radius 2 is 1.94 bits per heavy atom. The van der Waals surface area contributed by atoms with Crippen molar-refractivity contribution in [2.75, 3.05) is 5.75 Å². The molecule has 0 aliphatic heterocycles. The Kier molecular flexibility index (Phi) is 5.40. The fourth-order valence-electron chi connectivity index (χ4n) is 2.60. The lowest BCUT2D eigenvalue weighted by atomic mass is 9.80. The SMILES string of the molecule is CC1CCC(C(N)CSc2ccccc2Cl)CC1. The van der Waals surface area contributed by atoms with Gasteiger partial charge in [0.25, 0.3) is 0 Å². The molecule has 1 aliphatic carbocycles. The summed E-state index contributed by atoms with van der Waals surface area (Å²) < 4.78 is 0. The summed E-state index contributed by atoms with van der Waals surface area (Å²) in [7, 11) is 0. The molecule has 0 aromatic heterocycles. The van der Waals surface area contributed by atoms with Crippen molar-refractivity contribution >= 4 is 23.4 Å². The predicted molar refractivity (Wildman–Crippen MR) is 81.3 cm³/mol. The van der Waals surface area contributed by atoms with Crippen molar-refractivity contribution in [3.63, 3.8) is 0 Å². The van der Waals surface area contributed by atoms with E-state index in [-0.39, 0.29) is 0 Å². The molecule has 3 heteroatoms. The highest BCUT2D eigenvalue weighted by Gasteiger charge is 2.23. The fraction of sp³-hybridized carbons (Fsp3) is 0.600. The third-order valence-electron chi connectivity index (χ3n) is 3.93. The zero-order valence-corrected chi connectivity index (χ0v) is 12.5. The number of benzene rings is 1. The lowest BCUT2D eigenvalue weighted by Crippen LogP contribution is -2.34. The molecule has 18 heavy (non-hydrogen) atoms. The zero-order chi connectivity index (χ0) is 13.0. The van der Waals surface area contributed by atoms with E-state index in [9.17, 15) is 0 Å². The summed E-state index contributed by atoms with van der Waals surface area (Å²) in [6.07, 6.45) is 5.28. The summed E-state index contributed by atoms with van der Waals surface area (Å²) in [6, 6.07) is 8.32. The van der Waals surface area contributed by atoms with Crippen molar-refractivity contribution in [1.29, 1.82) is 0 Å². The molecule has 2 N–H and O–H groups in total. The van der Waals surface area contributed by atoms with Crippen molar-refractivity contribution in [1.82, 2.24) is 0 Å². The average Bonchev–Trinajstić information content (AvgIpc) is 2.38. The second-order valence-corrected chi connectivity index (χ2v) is 6.89. The maximum absolute atomic E-state index is 6.33. The van der Waals surface area contributed by atoms with Crippen molar-refractivity contribution in [3.8, 4) is 0 Å². The highest BCUT2D eigenvalue weighted by atomic mass is 35.5. The van der Waals surface area contributed by atoms with Crippen LogP contribution in [0, 0.1) is 11.8 Å². The van der Waals surface area contributed by atoms with E-state index in [4.69, 9.17) is 17.3 Å². The molecular weight excluding hydrogens is 262 g/mol. The minimum Gasteiger partial charge on any atom is -0.327 e. The van der Waals surface area contributed by atoms with E-state index in [1.165, 1.54) is 25.7 Å². The minimum absolute atomic E-state index is 0.304. The van der Waals surface area contributed by atoms with E-state index in [0.29, 0.717) is 12.0 Å². The molecule has 100 valence electrons. The molecule has 0 bridgehead atoms. The Bertz CT molecular complexity index is 375. The number of hydrogen-bond acceptors (Lipinski definition) is 2. The van der Waals surface area contributed by atoms with Gasteiger partial charge in [-0.3, -0.25) is 0 Å². The monoisotopic (exact) mass is 283 g/mol. The van der Waals surface area contributed by atoms with Gasteiger partial charge in [-0.15, -0.1) is 11.8 Å². The highest BCUT2D eigenvalue weighted by molar-refractivity contribution is 7.99. The van der Waals surface area contributed by atoms with E-state index < -0.39 is 0 Å². The minimum atomic E-state index is 0.304. The molecule has 1 fully saturated rings. The number of thioether (sulfide) groups is 1. The van der Waals surface area contributed by atoms with Crippen LogP contribution in [-0.2, 0) is 0 Å². The van der Waals surface area contributed by atoms with Crippen LogP contribution in [0.15, 0.2) is 29.2 Å². The number of hydrogen-bond donors (Lipinski definition) is 1. The van der Waals surface area contributed by atoms with Crippen molar-refractivity contribution in [2.45, 2.75) is 43.5 Å². The van der Waals surface area contributed by atoms with Crippen LogP contribution in [0.3, 0.4) is 0 Å². The van der Waals surface area contributed by atoms with Gasteiger partial charge < -0.3 is 5.73 Å². The van der Waals surface area contributed by atoms with Crippen LogP contribution in [-0.4, -0.2) is 11.8 Å². The van der Waals surface area contributed by atoms with Gasteiger partial charge in [-0.05, 0) is 36.8 Å². The van der Waals surface area contributed by atoms with E-state index in [0.717, 1.165) is 21.6 Å². The van der Waals surface area contributed by atoms with Gasteiger partial charge in [0.15, 0.2) is 0 Å². The van der Waals surface area contributed by atoms with Gasteiger partial charge >= 0.3 is 0 Å². The molecule has 0 saturated heterocycles. The van der Waals surface area contributed by atoms with Gasteiger partial charge in [-0.25, -0.2) is 0 Å². The lowest BCUT2D eigenvalue weighted by molar-refractivity contribution is 0.264. The van der Waals surface area contributed by atoms with Crippen LogP contribution in [0.1, 0.15) is 32.6 Å². The number of nitrogens with two attached hydrogens (primary N) is 1. The van der Waals surface area contributed by atoms with Gasteiger partial charge in [0.1, 0.15) is 0 Å². The summed E-state index contributed by atoms with van der Waals surface area (Å²) >= 11 is 7.94. The molecule has 0 spiro atoms. The first-order chi connectivity index (χ1) is 8.66. The molecule has 2 rings (SSSR count). The van der Waals surface area contributed by atoms with Gasteiger partial charge in [0.2, 0.25) is 0 Å². The van der Waals surface area contributed by atoms with Crippen LogP contribution >= 0.6 is 23.4 Å². The third kappa shape index (κ3) is 3.91. The molecule has 1 aromatic rings. The smallest absolute Gasteiger partial charge is 0.0541 e. The quantitative estimate of drug-likeness (QED) is 0.818. The molecule has 0 radical (unpaired) electrons. The highest BCUT2D eigenvalue weighted by Crippen LogP contribution is 2.33. The normalized spacial score (nSPS) is 25.9. The Hall–Kier alpha value is -0.180. The molecule has 1 atom stereocenters. The third-order valence-corrected chi connectivity index (χ3v) is 5.59. The zero-order valence-electron chi connectivity index (χ0n) is 10.9. The lowest BCUT2D eigenvalue weighted by Gasteiger charge is -2.30.